The Bertz CT molecular complexity index is 1330. The van der Waals surface area contributed by atoms with E-state index in [1.54, 1.807) is 48.5 Å². The number of benzene rings is 3. The molecule has 7 nitrogen and oxygen atoms in total. The van der Waals surface area contributed by atoms with Crippen LogP contribution in [-0.2, 0) is 32.8 Å². The van der Waals surface area contributed by atoms with E-state index in [9.17, 15) is 24.6 Å². The van der Waals surface area contributed by atoms with Crippen LogP contribution in [0, 0.1) is 11.8 Å². The molecule has 184 valence electrons. The molecule has 5 rings (SSSR count). The van der Waals surface area contributed by atoms with Crippen molar-refractivity contribution in [1.82, 2.24) is 5.32 Å². The van der Waals surface area contributed by atoms with Gasteiger partial charge in [-0.1, -0.05) is 80.6 Å². The molecule has 36 heavy (non-hydrogen) atoms. The second kappa shape index (κ2) is 8.91. The van der Waals surface area contributed by atoms with Crippen molar-refractivity contribution >= 4 is 23.5 Å². The summed E-state index contributed by atoms with van der Waals surface area (Å²) in [5.41, 5.74) is 1.16. The maximum atomic E-state index is 14.2. The quantitative estimate of drug-likeness (QED) is 0.458. The number of carbonyl (C=O) groups is 3. The highest BCUT2D eigenvalue weighted by molar-refractivity contribution is 6.25. The van der Waals surface area contributed by atoms with Gasteiger partial charge in [-0.05, 0) is 35.6 Å². The molecule has 2 saturated heterocycles. The lowest BCUT2D eigenvalue weighted by Crippen LogP contribution is -2.53. The van der Waals surface area contributed by atoms with Crippen molar-refractivity contribution in [2.75, 3.05) is 4.90 Å². The van der Waals surface area contributed by atoms with Gasteiger partial charge in [0.25, 0.3) is 0 Å². The van der Waals surface area contributed by atoms with Crippen LogP contribution in [0.5, 0.6) is 5.75 Å². The van der Waals surface area contributed by atoms with Gasteiger partial charge in [-0.2, -0.15) is 0 Å². The zero-order valence-electron chi connectivity index (χ0n) is 20.1. The van der Waals surface area contributed by atoms with Crippen molar-refractivity contribution in [3.63, 3.8) is 0 Å². The van der Waals surface area contributed by atoms with Gasteiger partial charge in [-0.15, -0.1) is 0 Å². The van der Waals surface area contributed by atoms with Crippen molar-refractivity contribution in [3.05, 3.63) is 95.1 Å². The summed E-state index contributed by atoms with van der Waals surface area (Å²) in [4.78, 5) is 42.7. The molecule has 0 bridgehead atoms. The van der Waals surface area contributed by atoms with E-state index in [1.807, 2.05) is 32.0 Å². The van der Waals surface area contributed by atoms with Gasteiger partial charge in [0.05, 0.1) is 17.5 Å². The Morgan fingerprint density at radius 1 is 0.889 bits per heavy atom. The van der Waals surface area contributed by atoms with E-state index in [0.29, 0.717) is 29.7 Å². The second-order valence-electron chi connectivity index (χ2n) is 9.31. The normalized spacial score (nSPS) is 25.3. The number of nitrogens with one attached hydrogen (secondary N) is 1. The maximum absolute atomic E-state index is 14.2. The van der Waals surface area contributed by atoms with Gasteiger partial charge in [-0.25, -0.2) is 9.69 Å². The number of aromatic hydroxyl groups is 1. The van der Waals surface area contributed by atoms with Crippen LogP contribution < -0.4 is 10.2 Å². The topological polar surface area (TPSA) is 107 Å². The van der Waals surface area contributed by atoms with Crippen molar-refractivity contribution in [2.24, 2.45) is 11.8 Å². The van der Waals surface area contributed by atoms with Crippen LogP contribution in [0.3, 0.4) is 0 Å². The third kappa shape index (κ3) is 3.27. The number of aryl methyl sites for hydroxylation is 2. The molecular formula is C29H28N2O5. The number of amides is 2. The number of phenols is 1. The third-order valence-electron chi connectivity index (χ3n) is 7.59. The number of nitrogens with zero attached hydrogens (tertiary/aromatic N) is 1. The second-order valence-corrected chi connectivity index (χ2v) is 9.31. The Morgan fingerprint density at radius 3 is 2.08 bits per heavy atom. The first kappa shape index (κ1) is 23.8. The van der Waals surface area contributed by atoms with Gasteiger partial charge in [0.2, 0.25) is 11.8 Å². The largest absolute Gasteiger partial charge is 0.508 e. The summed E-state index contributed by atoms with van der Waals surface area (Å²) < 4.78 is 0. The lowest BCUT2D eigenvalue weighted by Gasteiger charge is -2.32. The number of hydrogen-bond acceptors (Lipinski definition) is 5. The maximum Gasteiger partial charge on any atom is 0.329 e. The van der Waals surface area contributed by atoms with Crippen LogP contribution in [0.4, 0.5) is 5.69 Å². The summed E-state index contributed by atoms with van der Waals surface area (Å²) >= 11 is 0. The molecule has 0 saturated carbocycles. The van der Waals surface area contributed by atoms with Crippen LogP contribution in [0.25, 0.3) is 0 Å². The Morgan fingerprint density at radius 2 is 1.50 bits per heavy atom. The SMILES string of the molecule is CCc1cccc(CC)c1N1C(=O)C2C(c3ccccc3O)NC(C(=O)O)(c3ccccc3)C2C1=O. The molecule has 2 aliphatic heterocycles. The average molecular weight is 485 g/mol. The Balaban J connectivity index is 1.77. The van der Waals surface area contributed by atoms with E-state index in [4.69, 9.17) is 0 Å². The summed E-state index contributed by atoms with van der Waals surface area (Å²) in [6, 6.07) is 19.8. The molecule has 3 aromatic rings. The molecule has 7 heteroatoms. The highest BCUT2D eigenvalue weighted by Gasteiger charge is 2.69. The lowest BCUT2D eigenvalue weighted by atomic mass is 9.75. The third-order valence-corrected chi connectivity index (χ3v) is 7.59. The molecular weight excluding hydrogens is 456 g/mol. The number of fused-ring (bicyclic) bond motifs is 1. The fourth-order valence-electron chi connectivity index (χ4n) is 5.93. The molecule has 3 N–H and O–H groups in total. The molecule has 0 radical (unpaired) electrons. The summed E-state index contributed by atoms with van der Waals surface area (Å²) in [7, 11) is 0. The highest BCUT2D eigenvalue weighted by Crippen LogP contribution is 2.55. The molecule has 2 amide bonds. The summed E-state index contributed by atoms with van der Waals surface area (Å²) in [6.07, 6.45) is 1.22. The monoisotopic (exact) mass is 484 g/mol. The fraction of sp³-hybridized carbons (Fsp3) is 0.276. The predicted octanol–water partition coefficient (Wildman–Crippen LogP) is 3.95. The van der Waals surface area contributed by atoms with Crippen LogP contribution in [0.15, 0.2) is 72.8 Å². The van der Waals surface area contributed by atoms with Crippen LogP contribution in [0.1, 0.15) is 42.1 Å². The van der Waals surface area contributed by atoms with Gasteiger partial charge in [0.1, 0.15) is 5.75 Å². The van der Waals surface area contributed by atoms with Crippen LogP contribution in [-0.4, -0.2) is 28.0 Å². The minimum absolute atomic E-state index is 0.0649. The van der Waals surface area contributed by atoms with Crippen molar-refractivity contribution in [3.8, 4) is 5.75 Å². The molecule has 2 aliphatic rings. The van der Waals surface area contributed by atoms with Gasteiger partial charge >= 0.3 is 5.97 Å². The summed E-state index contributed by atoms with van der Waals surface area (Å²) in [5, 5.41) is 24.5. The van der Waals surface area contributed by atoms with Gasteiger partial charge in [-0.3, -0.25) is 14.9 Å². The van der Waals surface area contributed by atoms with Gasteiger partial charge in [0.15, 0.2) is 5.54 Å². The highest BCUT2D eigenvalue weighted by atomic mass is 16.4. The van der Waals surface area contributed by atoms with Crippen molar-refractivity contribution in [2.45, 2.75) is 38.3 Å². The molecule has 2 fully saturated rings. The smallest absolute Gasteiger partial charge is 0.329 e. The Labute approximate surface area is 209 Å². The number of carboxylic acid groups (broad SMARTS) is 1. The molecule has 2 heterocycles. The van der Waals surface area contributed by atoms with E-state index < -0.39 is 41.2 Å². The summed E-state index contributed by atoms with van der Waals surface area (Å²) in [5.74, 6) is -4.53. The van der Waals surface area contributed by atoms with E-state index in [0.717, 1.165) is 11.1 Å². The zero-order valence-corrected chi connectivity index (χ0v) is 20.1. The van der Waals surface area contributed by atoms with Crippen molar-refractivity contribution in [1.29, 1.82) is 0 Å². The lowest BCUT2D eigenvalue weighted by molar-refractivity contribution is -0.149. The number of rotatable bonds is 6. The molecule has 0 aliphatic carbocycles. The number of anilines is 1. The van der Waals surface area contributed by atoms with E-state index in [1.165, 1.54) is 11.0 Å². The van der Waals surface area contributed by atoms with Crippen LogP contribution >= 0.6 is 0 Å². The van der Waals surface area contributed by atoms with E-state index in [2.05, 4.69) is 5.32 Å². The fourth-order valence-corrected chi connectivity index (χ4v) is 5.93. The average Bonchev–Trinajstić information content (AvgIpc) is 3.38. The van der Waals surface area contributed by atoms with Crippen molar-refractivity contribution < 1.29 is 24.6 Å². The predicted molar refractivity (Wildman–Crippen MR) is 134 cm³/mol. The number of imide groups is 1. The first-order valence-electron chi connectivity index (χ1n) is 12.2. The minimum atomic E-state index is -1.85. The number of hydrogen-bond donors (Lipinski definition) is 3. The number of carboxylic acids is 1. The molecule has 0 spiro atoms. The molecule has 4 atom stereocenters. The zero-order chi connectivity index (χ0) is 25.6. The number of para-hydroxylation sites is 2. The number of carbonyl (C=O) groups excluding carboxylic acids is 2. The standard InChI is InChI=1S/C29H28N2O5/c1-3-17-11-10-12-18(4-2)25(17)31-26(33)22-23(27(31)34)29(28(35)36,19-13-6-5-7-14-19)30-24(22)20-15-8-9-16-21(20)32/h5-16,22-24,30,32H,3-4H2,1-2H3,(H,35,36). The molecule has 3 aromatic carbocycles. The Kier molecular flexibility index (Phi) is 5.88. The molecule has 0 aromatic heterocycles. The van der Waals surface area contributed by atoms with Crippen LogP contribution in [0.2, 0.25) is 0 Å². The van der Waals surface area contributed by atoms with Gasteiger partial charge in [0, 0.05) is 11.6 Å². The Hall–Kier alpha value is -3.97. The first-order valence-corrected chi connectivity index (χ1v) is 12.2. The number of phenolic OH excluding ortho intramolecular Hbond substituents is 1. The number of aliphatic carboxylic acids is 1. The molecule has 4 unspecified atom stereocenters. The van der Waals surface area contributed by atoms with E-state index >= 15 is 0 Å². The summed E-state index contributed by atoms with van der Waals surface area (Å²) in [6.45, 7) is 3.92. The minimum Gasteiger partial charge on any atom is -0.508 e. The first-order chi connectivity index (χ1) is 17.4. The van der Waals surface area contributed by atoms with E-state index in [-0.39, 0.29) is 5.75 Å². The van der Waals surface area contributed by atoms with Gasteiger partial charge < -0.3 is 10.2 Å².